The van der Waals surface area contributed by atoms with Gasteiger partial charge in [-0.3, -0.25) is 0 Å². The zero-order valence-corrected chi connectivity index (χ0v) is 18.5. The normalized spacial score (nSPS) is 11.2. The van der Waals surface area contributed by atoms with E-state index in [0.29, 0.717) is 5.46 Å². The third-order valence-corrected chi connectivity index (χ3v) is 6.45. The van der Waals surface area contributed by atoms with E-state index in [-0.39, 0.29) is 0 Å². The Bertz CT molecular complexity index is 1600. The first-order valence-electron chi connectivity index (χ1n) is 11.4. The molecule has 0 saturated heterocycles. The van der Waals surface area contributed by atoms with Crippen molar-refractivity contribution in [3.05, 3.63) is 121 Å². The van der Waals surface area contributed by atoms with Crippen molar-refractivity contribution >= 4 is 34.4 Å². The summed E-state index contributed by atoms with van der Waals surface area (Å²) in [5, 5.41) is 21.3. The van der Waals surface area contributed by atoms with Crippen LogP contribution in [-0.2, 0) is 0 Å². The van der Waals surface area contributed by atoms with Gasteiger partial charge in [0, 0.05) is 16.5 Å². The highest BCUT2D eigenvalue weighted by molar-refractivity contribution is 6.58. The summed E-state index contributed by atoms with van der Waals surface area (Å²) in [6.07, 6.45) is 0. The van der Waals surface area contributed by atoms with Gasteiger partial charge in [-0.25, -0.2) is 0 Å². The maximum atomic E-state index is 9.47. The molecule has 34 heavy (non-hydrogen) atoms. The maximum Gasteiger partial charge on any atom is 0.488 e. The van der Waals surface area contributed by atoms with Crippen molar-refractivity contribution in [1.82, 2.24) is 4.57 Å². The average Bonchev–Trinajstić information content (AvgIpc) is 3.24. The van der Waals surface area contributed by atoms with E-state index < -0.39 is 7.12 Å². The number of hydrogen-bond acceptors (Lipinski definition) is 2. The van der Waals surface area contributed by atoms with Crippen molar-refractivity contribution in [2.45, 2.75) is 0 Å². The molecule has 0 aliphatic carbocycles. The Kier molecular flexibility index (Phi) is 5.03. The van der Waals surface area contributed by atoms with Crippen LogP contribution in [-0.4, -0.2) is 21.7 Å². The van der Waals surface area contributed by atoms with Crippen molar-refractivity contribution in [3.8, 4) is 27.9 Å². The molecule has 5 aromatic carbocycles. The lowest BCUT2D eigenvalue weighted by molar-refractivity contribution is 0.426. The molecular weight excluding hydrogens is 417 g/mol. The summed E-state index contributed by atoms with van der Waals surface area (Å²) < 4.78 is 2.31. The van der Waals surface area contributed by atoms with Crippen molar-refractivity contribution in [2.24, 2.45) is 0 Å². The number of para-hydroxylation sites is 1. The molecule has 4 heteroatoms. The number of aromatic nitrogens is 1. The summed E-state index contributed by atoms with van der Waals surface area (Å²) in [4.78, 5) is 0. The molecule has 6 aromatic rings. The molecule has 0 aliphatic rings. The van der Waals surface area contributed by atoms with Crippen molar-refractivity contribution < 1.29 is 10.0 Å². The standard InChI is InChI=1S/C30H22BNO2/c33-31(34)24-17-13-23(14-18-24)26-10-6-12-29-30(26)27-9-4-5-11-28(27)32(29)25-19-15-22(16-20-25)21-7-2-1-3-8-21/h1-20,33-34H. The minimum atomic E-state index is -1.47. The van der Waals surface area contributed by atoms with E-state index in [1.807, 2.05) is 18.2 Å². The van der Waals surface area contributed by atoms with Crippen LogP contribution in [0.4, 0.5) is 0 Å². The monoisotopic (exact) mass is 439 g/mol. The molecule has 162 valence electrons. The Morgan fingerprint density at radius 1 is 0.500 bits per heavy atom. The highest BCUT2D eigenvalue weighted by Gasteiger charge is 2.17. The van der Waals surface area contributed by atoms with Gasteiger partial charge in [0.15, 0.2) is 0 Å². The molecule has 2 N–H and O–H groups in total. The van der Waals surface area contributed by atoms with Gasteiger partial charge in [-0.2, -0.15) is 0 Å². The topological polar surface area (TPSA) is 45.4 Å². The third-order valence-electron chi connectivity index (χ3n) is 6.45. The largest absolute Gasteiger partial charge is 0.488 e. The van der Waals surface area contributed by atoms with Crippen LogP contribution in [0.15, 0.2) is 121 Å². The smallest absolute Gasteiger partial charge is 0.423 e. The lowest BCUT2D eigenvalue weighted by atomic mass is 9.79. The molecule has 0 amide bonds. The zero-order chi connectivity index (χ0) is 23.1. The average molecular weight is 439 g/mol. The first-order valence-corrected chi connectivity index (χ1v) is 11.4. The quantitative estimate of drug-likeness (QED) is 0.341. The Labute approximate surface area is 198 Å². The molecule has 3 nitrogen and oxygen atoms in total. The predicted molar refractivity (Wildman–Crippen MR) is 141 cm³/mol. The lowest BCUT2D eigenvalue weighted by Crippen LogP contribution is -2.29. The van der Waals surface area contributed by atoms with Gasteiger partial charge in [0.05, 0.1) is 11.0 Å². The van der Waals surface area contributed by atoms with E-state index in [2.05, 4.69) is 95.6 Å². The van der Waals surface area contributed by atoms with E-state index in [9.17, 15) is 10.0 Å². The minimum absolute atomic E-state index is 0.483. The van der Waals surface area contributed by atoms with Gasteiger partial charge in [-0.05, 0) is 52.0 Å². The van der Waals surface area contributed by atoms with Crippen LogP contribution in [0.25, 0.3) is 49.7 Å². The highest BCUT2D eigenvalue weighted by atomic mass is 16.4. The van der Waals surface area contributed by atoms with Gasteiger partial charge in [0.25, 0.3) is 0 Å². The Hall–Kier alpha value is -4.12. The summed E-state index contributed by atoms with van der Waals surface area (Å²) in [6, 6.07) is 41.4. The minimum Gasteiger partial charge on any atom is -0.423 e. The predicted octanol–water partition coefficient (Wildman–Crippen LogP) is 5.80. The van der Waals surface area contributed by atoms with Crippen molar-refractivity contribution in [1.29, 1.82) is 0 Å². The number of hydrogen-bond donors (Lipinski definition) is 2. The van der Waals surface area contributed by atoms with Crippen LogP contribution >= 0.6 is 0 Å². The van der Waals surface area contributed by atoms with Crippen molar-refractivity contribution in [3.63, 3.8) is 0 Å². The number of fused-ring (bicyclic) bond motifs is 3. The molecule has 0 bridgehead atoms. The fourth-order valence-electron chi connectivity index (χ4n) is 4.81. The number of rotatable bonds is 4. The molecule has 1 heterocycles. The summed E-state index contributed by atoms with van der Waals surface area (Å²) in [5.74, 6) is 0. The van der Waals surface area contributed by atoms with Crippen LogP contribution in [0, 0.1) is 0 Å². The van der Waals surface area contributed by atoms with Gasteiger partial charge >= 0.3 is 7.12 Å². The molecule has 0 saturated carbocycles. The first kappa shape index (κ1) is 20.5. The fourth-order valence-corrected chi connectivity index (χ4v) is 4.81. The lowest BCUT2D eigenvalue weighted by Gasteiger charge is -2.10. The van der Waals surface area contributed by atoms with E-state index in [4.69, 9.17) is 0 Å². The van der Waals surface area contributed by atoms with E-state index in [0.717, 1.165) is 27.8 Å². The summed E-state index contributed by atoms with van der Waals surface area (Å²) in [7, 11) is -1.47. The summed E-state index contributed by atoms with van der Waals surface area (Å²) in [5.41, 5.74) is 8.44. The van der Waals surface area contributed by atoms with Crippen LogP contribution < -0.4 is 5.46 Å². The van der Waals surface area contributed by atoms with Crippen LogP contribution in [0.1, 0.15) is 0 Å². The molecular formula is C30H22BNO2. The zero-order valence-electron chi connectivity index (χ0n) is 18.5. The molecule has 0 spiro atoms. The van der Waals surface area contributed by atoms with Gasteiger partial charge in [0.1, 0.15) is 0 Å². The van der Waals surface area contributed by atoms with Gasteiger partial charge in [-0.15, -0.1) is 0 Å². The van der Waals surface area contributed by atoms with Gasteiger partial charge in [0.2, 0.25) is 0 Å². The van der Waals surface area contributed by atoms with E-state index in [1.165, 1.54) is 21.9 Å². The Morgan fingerprint density at radius 3 is 1.85 bits per heavy atom. The second-order valence-corrected chi connectivity index (χ2v) is 8.46. The molecule has 0 aliphatic heterocycles. The van der Waals surface area contributed by atoms with Crippen molar-refractivity contribution in [2.75, 3.05) is 0 Å². The maximum absolute atomic E-state index is 9.47. The molecule has 0 unspecified atom stereocenters. The first-order chi connectivity index (χ1) is 16.7. The highest BCUT2D eigenvalue weighted by Crippen LogP contribution is 2.38. The fraction of sp³-hybridized carbons (Fsp3) is 0. The van der Waals surface area contributed by atoms with Gasteiger partial charge < -0.3 is 14.6 Å². The summed E-state index contributed by atoms with van der Waals surface area (Å²) >= 11 is 0. The summed E-state index contributed by atoms with van der Waals surface area (Å²) in [6.45, 7) is 0. The van der Waals surface area contributed by atoms with Crippen LogP contribution in [0.5, 0.6) is 0 Å². The molecule has 1 aromatic heterocycles. The Balaban J connectivity index is 1.55. The third kappa shape index (κ3) is 3.41. The molecule has 6 rings (SSSR count). The molecule has 0 radical (unpaired) electrons. The Morgan fingerprint density at radius 2 is 1.12 bits per heavy atom. The number of nitrogens with zero attached hydrogens (tertiary/aromatic N) is 1. The van der Waals surface area contributed by atoms with Crippen LogP contribution in [0.3, 0.4) is 0 Å². The van der Waals surface area contributed by atoms with E-state index in [1.54, 1.807) is 12.1 Å². The number of benzene rings is 5. The SMILES string of the molecule is OB(O)c1ccc(-c2cccc3c2c2ccccc2n3-c2ccc(-c3ccccc3)cc2)cc1. The van der Waals surface area contributed by atoms with Gasteiger partial charge in [-0.1, -0.05) is 97.1 Å². The second kappa shape index (κ2) is 8.34. The van der Waals surface area contributed by atoms with E-state index >= 15 is 0 Å². The second-order valence-electron chi connectivity index (χ2n) is 8.46. The molecule has 0 atom stereocenters. The molecule has 0 fully saturated rings. The van der Waals surface area contributed by atoms with Crippen LogP contribution in [0.2, 0.25) is 0 Å².